The van der Waals surface area contributed by atoms with Gasteiger partial charge in [0.1, 0.15) is 5.75 Å². The summed E-state index contributed by atoms with van der Waals surface area (Å²) in [6, 6.07) is 8.83. The van der Waals surface area contributed by atoms with E-state index in [4.69, 9.17) is 18.0 Å². The maximum atomic E-state index is 5.83. The van der Waals surface area contributed by atoms with Crippen molar-refractivity contribution in [3.05, 3.63) is 29.8 Å². The normalized spacial score (nSPS) is 11.6. The summed E-state index contributed by atoms with van der Waals surface area (Å²) in [5.74, 6) is 0.939. The summed E-state index contributed by atoms with van der Waals surface area (Å²) in [6.45, 7) is 10.5. The van der Waals surface area contributed by atoms with E-state index in [2.05, 4.69) is 13.0 Å². The zero-order valence-electron chi connectivity index (χ0n) is 13.7. The second-order valence-corrected chi connectivity index (χ2v) is 7.43. The second kappa shape index (κ2) is 9.95. The van der Waals surface area contributed by atoms with Crippen molar-refractivity contribution in [3.63, 3.8) is 0 Å². The zero-order chi connectivity index (χ0) is 15.6. The van der Waals surface area contributed by atoms with Crippen molar-refractivity contribution < 1.29 is 18.0 Å². The van der Waals surface area contributed by atoms with Gasteiger partial charge in [-0.2, -0.15) is 0 Å². The fourth-order valence-corrected chi connectivity index (χ4v) is 4.77. The highest BCUT2D eigenvalue weighted by atomic mass is 28.4. The summed E-state index contributed by atoms with van der Waals surface area (Å²) in [5.41, 5.74) is 1.15. The zero-order valence-corrected chi connectivity index (χ0v) is 14.7. The lowest BCUT2D eigenvalue weighted by Gasteiger charge is -2.28. The molecule has 120 valence electrons. The number of aryl methyl sites for hydroxylation is 1. The Labute approximate surface area is 129 Å². The fourth-order valence-electron chi connectivity index (χ4n) is 2.19. The molecule has 1 aromatic carbocycles. The van der Waals surface area contributed by atoms with Crippen LogP contribution in [0, 0.1) is 6.92 Å². The number of hydrogen-bond acceptors (Lipinski definition) is 4. The minimum Gasteiger partial charge on any atom is -0.493 e. The molecule has 1 aromatic rings. The first-order chi connectivity index (χ1) is 10.2. The molecule has 0 radical (unpaired) electrons. The lowest BCUT2D eigenvalue weighted by atomic mass is 10.2. The smallest absolute Gasteiger partial charge is 0.493 e. The van der Waals surface area contributed by atoms with Crippen LogP contribution >= 0.6 is 0 Å². The Morgan fingerprint density at radius 3 is 2.00 bits per heavy atom. The summed E-state index contributed by atoms with van der Waals surface area (Å²) in [4.78, 5) is 0. The third kappa shape index (κ3) is 6.18. The molecule has 0 aliphatic carbocycles. The molecule has 0 aliphatic rings. The molecule has 0 atom stereocenters. The molecule has 0 N–H and O–H groups in total. The van der Waals surface area contributed by atoms with Crippen molar-refractivity contribution in [3.8, 4) is 5.75 Å². The maximum Gasteiger partial charge on any atom is 0.501 e. The molecule has 0 aliphatic heterocycles. The molecule has 21 heavy (non-hydrogen) atoms. The van der Waals surface area contributed by atoms with E-state index in [0.717, 1.165) is 23.8 Å². The predicted octanol–water partition coefficient (Wildman–Crippen LogP) is 3.81. The van der Waals surface area contributed by atoms with E-state index in [9.17, 15) is 0 Å². The van der Waals surface area contributed by atoms with Crippen LogP contribution in [0.4, 0.5) is 0 Å². The van der Waals surface area contributed by atoms with Crippen LogP contribution < -0.4 is 4.74 Å². The van der Waals surface area contributed by atoms with Gasteiger partial charge >= 0.3 is 8.80 Å². The van der Waals surface area contributed by atoms with Crippen LogP contribution in [0.2, 0.25) is 6.04 Å². The molecule has 0 heterocycles. The molecule has 0 bridgehead atoms. The number of para-hydroxylation sites is 1. The first kappa shape index (κ1) is 18.2. The molecule has 0 unspecified atom stereocenters. The minimum atomic E-state index is -2.53. The Kier molecular flexibility index (Phi) is 8.60. The van der Waals surface area contributed by atoms with Gasteiger partial charge in [0.2, 0.25) is 0 Å². The Hall–Kier alpha value is -0.883. The molecule has 0 amide bonds. The number of benzene rings is 1. The van der Waals surface area contributed by atoms with Crippen molar-refractivity contribution in [1.82, 2.24) is 0 Å². The van der Waals surface area contributed by atoms with Gasteiger partial charge in [-0.15, -0.1) is 0 Å². The van der Waals surface area contributed by atoms with E-state index in [1.54, 1.807) is 0 Å². The fraction of sp³-hybridized carbons (Fsp3) is 0.625. The third-order valence-electron chi connectivity index (χ3n) is 3.07. The van der Waals surface area contributed by atoms with E-state index in [0.29, 0.717) is 26.4 Å². The van der Waals surface area contributed by atoms with Crippen LogP contribution in [0.5, 0.6) is 5.75 Å². The van der Waals surface area contributed by atoms with Crippen molar-refractivity contribution in [2.75, 3.05) is 26.4 Å². The molecule has 0 spiro atoms. The number of rotatable bonds is 11. The van der Waals surface area contributed by atoms with Gasteiger partial charge in [0.05, 0.1) is 6.61 Å². The van der Waals surface area contributed by atoms with E-state index in [1.165, 1.54) is 0 Å². The van der Waals surface area contributed by atoms with Crippen LogP contribution in [-0.2, 0) is 13.3 Å². The van der Waals surface area contributed by atoms with Crippen LogP contribution in [0.3, 0.4) is 0 Å². The highest BCUT2D eigenvalue weighted by Crippen LogP contribution is 2.20. The van der Waals surface area contributed by atoms with Gasteiger partial charge in [-0.05, 0) is 45.7 Å². The van der Waals surface area contributed by atoms with Gasteiger partial charge in [-0.25, -0.2) is 0 Å². The average molecular weight is 312 g/mol. The van der Waals surface area contributed by atoms with E-state index >= 15 is 0 Å². The minimum absolute atomic E-state index is 0.616. The third-order valence-corrected chi connectivity index (χ3v) is 6.22. The van der Waals surface area contributed by atoms with Crippen molar-refractivity contribution in [1.29, 1.82) is 0 Å². The Morgan fingerprint density at radius 1 is 0.905 bits per heavy atom. The van der Waals surface area contributed by atoms with E-state index in [1.807, 2.05) is 39.0 Å². The Bertz CT molecular complexity index is 381. The van der Waals surface area contributed by atoms with Crippen molar-refractivity contribution >= 4 is 8.80 Å². The average Bonchev–Trinajstić information content (AvgIpc) is 2.46. The quantitative estimate of drug-likeness (QED) is 0.460. The van der Waals surface area contributed by atoms with Gasteiger partial charge in [-0.1, -0.05) is 18.2 Å². The lowest BCUT2D eigenvalue weighted by molar-refractivity contribution is 0.0696. The van der Waals surface area contributed by atoms with Crippen molar-refractivity contribution in [2.45, 2.75) is 40.2 Å². The monoisotopic (exact) mass is 312 g/mol. The Balaban J connectivity index is 2.47. The maximum absolute atomic E-state index is 5.83. The van der Waals surface area contributed by atoms with Gasteiger partial charge in [0.25, 0.3) is 0 Å². The highest BCUT2D eigenvalue weighted by Gasteiger charge is 2.39. The van der Waals surface area contributed by atoms with Crippen LogP contribution in [0.25, 0.3) is 0 Å². The van der Waals surface area contributed by atoms with E-state index in [-0.39, 0.29) is 0 Å². The molecule has 1 rings (SSSR count). The lowest BCUT2D eigenvalue weighted by Crippen LogP contribution is -2.46. The highest BCUT2D eigenvalue weighted by molar-refractivity contribution is 6.60. The molecular weight excluding hydrogens is 284 g/mol. The SMILES string of the molecule is CCO[Si](CCCOc1ccccc1C)(OCC)OCC. The van der Waals surface area contributed by atoms with Gasteiger partial charge < -0.3 is 18.0 Å². The van der Waals surface area contributed by atoms with Crippen LogP contribution in [0.15, 0.2) is 24.3 Å². The van der Waals surface area contributed by atoms with Crippen molar-refractivity contribution in [2.24, 2.45) is 0 Å². The predicted molar refractivity (Wildman–Crippen MR) is 86.7 cm³/mol. The summed E-state index contributed by atoms with van der Waals surface area (Å²) in [7, 11) is -2.53. The summed E-state index contributed by atoms with van der Waals surface area (Å²) in [5, 5.41) is 0. The molecule has 0 saturated carbocycles. The largest absolute Gasteiger partial charge is 0.501 e. The van der Waals surface area contributed by atoms with Crippen LogP contribution in [-0.4, -0.2) is 35.2 Å². The van der Waals surface area contributed by atoms with Gasteiger partial charge in [0.15, 0.2) is 0 Å². The topological polar surface area (TPSA) is 36.9 Å². The van der Waals surface area contributed by atoms with E-state index < -0.39 is 8.80 Å². The summed E-state index contributed by atoms with van der Waals surface area (Å²) >= 11 is 0. The first-order valence-electron chi connectivity index (χ1n) is 7.77. The molecular formula is C16H28O4Si. The molecule has 4 nitrogen and oxygen atoms in total. The number of hydrogen-bond donors (Lipinski definition) is 0. The first-order valence-corrected chi connectivity index (χ1v) is 9.71. The molecule has 0 aromatic heterocycles. The standard InChI is InChI=1S/C16H28O4Si/c1-5-18-21(19-6-2,20-7-3)14-10-13-17-16-12-9-8-11-15(16)4/h8-9,11-12H,5-7,10,13-14H2,1-4H3. The number of ether oxygens (including phenoxy) is 1. The molecule has 5 heteroatoms. The molecule has 0 saturated heterocycles. The van der Waals surface area contributed by atoms with Gasteiger partial charge in [-0.3, -0.25) is 0 Å². The van der Waals surface area contributed by atoms with Crippen LogP contribution in [0.1, 0.15) is 32.8 Å². The summed E-state index contributed by atoms with van der Waals surface area (Å²) < 4.78 is 23.3. The van der Waals surface area contributed by atoms with Gasteiger partial charge in [0, 0.05) is 25.9 Å². The Morgan fingerprint density at radius 2 is 1.48 bits per heavy atom. The second-order valence-electron chi connectivity index (χ2n) is 4.70. The summed E-state index contributed by atoms with van der Waals surface area (Å²) in [6.07, 6.45) is 0.862. The molecule has 0 fully saturated rings.